The topological polar surface area (TPSA) is 56.5 Å². The minimum Gasteiger partial charge on any atom is -0.456 e. The fourth-order valence-electron chi connectivity index (χ4n) is 17.5. The number of hydrogen-bond acceptors (Lipinski definition) is 4. The predicted octanol–water partition coefficient (Wildman–Crippen LogP) is 15.5. The molecular weight excluding hydrogens is 783 g/mol. The number of pyridine rings is 2. The van der Waals surface area contributed by atoms with Gasteiger partial charge in [-0.1, -0.05) is 60.7 Å². The van der Waals surface area contributed by atoms with Crippen molar-refractivity contribution in [1.29, 1.82) is 0 Å². The zero-order valence-electron chi connectivity index (χ0n) is 35.7. The molecule has 64 heavy (non-hydrogen) atoms. The molecule has 0 aliphatic heterocycles. The molecular formula is C59H45N3O2. The SMILES string of the molecule is c1ccc2c(c1)oc1cccc(-c3cc(-c4cccc5oc6ccccc6c45)c4c5c6c(ncc5n5c7cnc8c(c7c3c45)C3CC4CC(CC8C4)C3)C3CC4CC5CC6CC45C3)c12. The molecule has 5 nitrogen and oxygen atoms in total. The molecule has 6 heterocycles. The average Bonchev–Trinajstić information content (AvgIpc) is 4.13. The highest BCUT2D eigenvalue weighted by Gasteiger charge is 2.66. The van der Waals surface area contributed by atoms with E-state index < -0.39 is 0 Å². The molecule has 0 saturated heterocycles. The van der Waals surface area contributed by atoms with Gasteiger partial charge in [-0.2, -0.15) is 0 Å². The van der Waals surface area contributed by atoms with Gasteiger partial charge in [0, 0.05) is 66.3 Å². The summed E-state index contributed by atoms with van der Waals surface area (Å²) in [7, 11) is 0. The van der Waals surface area contributed by atoms with E-state index in [1.165, 1.54) is 157 Å². The molecule has 7 atom stereocenters. The maximum absolute atomic E-state index is 6.70. The van der Waals surface area contributed by atoms with Crippen LogP contribution in [-0.2, 0) is 0 Å². The van der Waals surface area contributed by atoms with E-state index in [4.69, 9.17) is 18.8 Å². The molecule has 0 N–H and O–H groups in total. The van der Waals surface area contributed by atoms with Crippen LogP contribution in [0.5, 0.6) is 0 Å². The van der Waals surface area contributed by atoms with Crippen molar-refractivity contribution in [2.24, 2.45) is 29.1 Å². The van der Waals surface area contributed by atoms with Crippen LogP contribution >= 0.6 is 0 Å². The first-order valence-electron chi connectivity index (χ1n) is 24.5. The Morgan fingerprint density at radius 2 is 0.984 bits per heavy atom. The number of aromatic nitrogens is 3. The normalized spacial score (nSPS) is 29.6. The molecule has 308 valence electrons. The first-order chi connectivity index (χ1) is 31.6. The van der Waals surface area contributed by atoms with Gasteiger partial charge < -0.3 is 13.2 Å². The van der Waals surface area contributed by atoms with Crippen LogP contribution in [0.3, 0.4) is 0 Å². The van der Waals surface area contributed by atoms with Gasteiger partial charge in [-0.05, 0) is 169 Å². The summed E-state index contributed by atoms with van der Waals surface area (Å²) in [4.78, 5) is 11.3. The molecule has 5 saturated carbocycles. The molecule has 11 aromatic rings. The molecule has 8 aliphatic rings. The Labute approximate surface area is 368 Å². The lowest BCUT2D eigenvalue weighted by Crippen LogP contribution is -2.41. The smallest absolute Gasteiger partial charge is 0.136 e. The van der Waals surface area contributed by atoms with E-state index in [1.54, 1.807) is 11.1 Å². The molecule has 8 aliphatic carbocycles. The summed E-state index contributed by atoms with van der Waals surface area (Å²) in [5.74, 6) is 5.59. The van der Waals surface area contributed by atoms with Crippen molar-refractivity contribution in [3.8, 4) is 22.3 Å². The second-order valence-corrected chi connectivity index (χ2v) is 22.0. The van der Waals surface area contributed by atoms with Crippen LogP contribution < -0.4 is 0 Å². The fraction of sp³-hybridized carbons (Fsp3) is 0.322. The fourth-order valence-corrected chi connectivity index (χ4v) is 17.5. The molecule has 19 rings (SSSR count). The van der Waals surface area contributed by atoms with E-state index in [1.807, 2.05) is 0 Å². The lowest BCUT2D eigenvalue weighted by atomic mass is 9.56. The van der Waals surface area contributed by atoms with Gasteiger partial charge in [0.2, 0.25) is 0 Å². The summed E-state index contributed by atoms with van der Waals surface area (Å²) >= 11 is 0. The van der Waals surface area contributed by atoms with Gasteiger partial charge in [-0.3, -0.25) is 9.97 Å². The van der Waals surface area contributed by atoms with Crippen molar-refractivity contribution in [3.63, 3.8) is 0 Å². The summed E-state index contributed by atoms with van der Waals surface area (Å²) < 4.78 is 16.1. The van der Waals surface area contributed by atoms with Crippen molar-refractivity contribution in [2.45, 2.75) is 87.9 Å². The van der Waals surface area contributed by atoms with Gasteiger partial charge in [-0.25, -0.2) is 0 Å². The van der Waals surface area contributed by atoms with Crippen LogP contribution in [0.25, 0.3) is 104 Å². The molecule has 1 spiro atoms. The molecule has 7 bridgehead atoms. The van der Waals surface area contributed by atoms with Crippen molar-refractivity contribution in [2.75, 3.05) is 0 Å². The lowest BCUT2D eigenvalue weighted by molar-refractivity contribution is 0.00321. The number of furan rings is 2. The Hall–Kier alpha value is -6.20. The average molecular weight is 828 g/mol. The molecule has 0 amide bonds. The largest absolute Gasteiger partial charge is 0.456 e. The Morgan fingerprint density at radius 1 is 0.453 bits per heavy atom. The van der Waals surface area contributed by atoms with Crippen LogP contribution in [0.4, 0.5) is 0 Å². The van der Waals surface area contributed by atoms with Gasteiger partial charge in [0.15, 0.2) is 0 Å². The van der Waals surface area contributed by atoms with Gasteiger partial charge >= 0.3 is 0 Å². The highest BCUT2D eigenvalue weighted by molar-refractivity contribution is 6.34. The van der Waals surface area contributed by atoms with Crippen LogP contribution in [0.1, 0.15) is 110 Å². The predicted molar refractivity (Wildman–Crippen MR) is 256 cm³/mol. The van der Waals surface area contributed by atoms with Crippen LogP contribution in [0.2, 0.25) is 0 Å². The highest BCUT2D eigenvalue weighted by Crippen LogP contribution is 2.76. The van der Waals surface area contributed by atoms with Gasteiger partial charge in [0.1, 0.15) is 22.3 Å². The first kappa shape index (κ1) is 33.3. The molecule has 0 radical (unpaired) electrons. The van der Waals surface area contributed by atoms with Gasteiger partial charge in [0.25, 0.3) is 0 Å². The third-order valence-electron chi connectivity index (χ3n) is 19.5. The quantitative estimate of drug-likeness (QED) is 0.174. The van der Waals surface area contributed by atoms with E-state index >= 15 is 0 Å². The summed E-state index contributed by atoms with van der Waals surface area (Å²) in [6.07, 6.45) is 18.0. The third kappa shape index (κ3) is 3.74. The zero-order chi connectivity index (χ0) is 40.9. The zero-order valence-corrected chi connectivity index (χ0v) is 35.7. The number of benzene rings is 5. The van der Waals surface area contributed by atoms with Crippen molar-refractivity contribution >= 4 is 82.0 Å². The van der Waals surface area contributed by atoms with E-state index in [9.17, 15) is 0 Å². The maximum Gasteiger partial charge on any atom is 0.136 e. The van der Waals surface area contributed by atoms with Crippen LogP contribution in [0, 0.1) is 29.1 Å². The minimum atomic E-state index is 0.537. The maximum atomic E-state index is 6.70. The van der Waals surface area contributed by atoms with E-state index in [2.05, 4.69) is 108 Å². The Bertz CT molecular complexity index is 3940. The Morgan fingerprint density at radius 3 is 1.62 bits per heavy atom. The molecule has 5 aromatic carbocycles. The number of fused-ring (bicyclic) bond motifs is 18. The molecule has 7 unspecified atom stereocenters. The summed E-state index contributed by atoms with van der Waals surface area (Å²) in [5, 5.41) is 10.5. The number of hydrogen-bond donors (Lipinski definition) is 0. The van der Waals surface area contributed by atoms with Crippen LogP contribution in [-0.4, -0.2) is 14.4 Å². The Kier molecular flexibility index (Phi) is 5.73. The number of rotatable bonds is 2. The summed E-state index contributed by atoms with van der Waals surface area (Å²) in [5.41, 5.74) is 19.3. The van der Waals surface area contributed by atoms with Crippen molar-refractivity contribution < 1.29 is 8.83 Å². The van der Waals surface area contributed by atoms with Crippen LogP contribution in [0.15, 0.2) is 112 Å². The second kappa shape index (κ2) is 11.0. The van der Waals surface area contributed by atoms with Crippen molar-refractivity contribution in [1.82, 2.24) is 14.4 Å². The Balaban J connectivity index is 1.09. The summed E-state index contributed by atoms with van der Waals surface area (Å²) in [6.45, 7) is 0. The first-order valence-corrected chi connectivity index (χ1v) is 24.5. The second-order valence-electron chi connectivity index (χ2n) is 22.0. The molecule has 6 aromatic heterocycles. The van der Waals surface area contributed by atoms with Gasteiger partial charge in [0.05, 0.1) is 28.9 Å². The van der Waals surface area contributed by atoms with E-state index in [-0.39, 0.29) is 0 Å². The number of para-hydroxylation sites is 2. The van der Waals surface area contributed by atoms with Crippen molar-refractivity contribution in [3.05, 3.63) is 126 Å². The minimum absolute atomic E-state index is 0.537. The lowest BCUT2D eigenvalue weighted by Gasteiger charge is -2.48. The van der Waals surface area contributed by atoms with Gasteiger partial charge in [-0.15, -0.1) is 0 Å². The van der Waals surface area contributed by atoms with E-state index in [0.717, 1.165) is 46.0 Å². The molecule has 5 fully saturated rings. The third-order valence-corrected chi connectivity index (χ3v) is 19.5. The number of nitrogens with zero attached hydrogens (tertiary/aromatic N) is 3. The summed E-state index contributed by atoms with van der Waals surface area (Å²) in [6, 6.07) is 33.5. The highest BCUT2D eigenvalue weighted by atomic mass is 16.3. The monoisotopic (exact) mass is 827 g/mol. The van der Waals surface area contributed by atoms with E-state index in [0.29, 0.717) is 29.1 Å². The standard InChI is InChI=1S/C59H45N3O2/c1-3-11-44-38(7-1)50-36(9-5-13-46(50)63-44)40-23-41(37-10-6-14-47-51(37)39-8-2-4-12-45(39)64-47)53-55-43(27-61-57-33-21-35-22-34-20-32(49(55)57)24-59(34,35)25-33)62-42-26-60-56-31-18-28-15-29(19-31)17-30(16-28)48(56)54(42)52(40)58(53)62/h1-14,23,26-35H,15-22,24-25H2. The molecule has 5 heteroatoms.